The highest BCUT2D eigenvalue weighted by atomic mass is 35.6. The molecular weight excluding hydrogens is 420 g/mol. The molecule has 0 spiro atoms. The second-order valence-electron chi connectivity index (χ2n) is 9.73. The summed E-state index contributed by atoms with van der Waals surface area (Å²) < 4.78 is 25.9. The predicted molar refractivity (Wildman–Crippen MR) is 122 cm³/mol. The Kier molecular flexibility index (Phi) is 9.13. The monoisotopic (exact) mass is 460 g/mol. The van der Waals surface area contributed by atoms with Crippen LogP contribution in [0.15, 0.2) is 0 Å². The average Bonchev–Trinajstić information content (AvgIpc) is 2.19. The summed E-state index contributed by atoms with van der Waals surface area (Å²) in [5.41, 5.74) is 0.660. The summed E-state index contributed by atoms with van der Waals surface area (Å²) in [5.74, 6) is 0. The molecule has 0 aromatic heterocycles. The maximum atomic E-state index is 6.98. The Morgan fingerprint density at radius 1 is 0.520 bits per heavy atom. The summed E-state index contributed by atoms with van der Waals surface area (Å²) in [4.78, 5) is 0. The van der Waals surface area contributed by atoms with E-state index in [9.17, 15) is 0 Å². The van der Waals surface area contributed by atoms with Gasteiger partial charge in [0.1, 0.15) is 0 Å². The fraction of sp³-hybridized carbons (Fsp3) is 1.00. The number of hydrogen-bond acceptors (Lipinski definition) is 4. The second kappa shape index (κ2) is 8.70. The average molecular weight is 461 g/mol. The van der Waals surface area contributed by atoms with Crippen molar-refractivity contribution in [3.05, 3.63) is 0 Å². The summed E-state index contributed by atoms with van der Waals surface area (Å²) in [6, 6.07) is 0. The molecule has 0 unspecified atom stereocenters. The summed E-state index contributed by atoms with van der Waals surface area (Å²) >= 11 is 6.98. The van der Waals surface area contributed by atoms with Crippen LogP contribution in [0.25, 0.3) is 0 Å². The third-order valence-corrected chi connectivity index (χ3v) is 25.5. The molecule has 25 heavy (non-hydrogen) atoms. The molecular formula is C15H41ClO4Si5. The first kappa shape index (κ1) is 26.2. The maximum absolute atomic E-state index is 6.98. The molecule has 0 aromatic carbocycles. The minimum absolute atomic E-state index is 0.330. The van der Waals surface area contributed by atoms with Crippen LogP contribution >= 0.6 is 11.1 Å². The molecule has 10 heteroatoms. The molecule has 0 rings (SSSR count). The highest BCUT2D eigenvalue weighted by Crippen LogP contribution is 2.40. The van der Waals surface area contributed by atoms with Crippen LogP contribution in [-0.2, 0) is 16.5 Å². The van der Waals surface area contributed by atoms with E-state index in [4.69, 9.17) is 27.5 Å². The zero-order chi connectivity index (χ0) is 20.5. The van der Waals surface area contributed by atoms with E-state index in [1.807, 2.05) is 0 Å². The molecule has 0 aliphatic carbocycles. The van der Waals surface area contributed by atoms with Gasteiger partial charge in [-0.2, -0.15) is 0 Å². The fourth-order valence-corrected chi connectivity index (χ4v) is 28.2. The Balaban J connectivity index is 5.19. The molecule has 0 atom stereocenters. The van der Waals surface area contributed by atoms with Crippen molar-refractivity contribution < 1.29 is 16.5 Å². The number of halogens is 1. The molecule has 4 nitrogen and oxygen atoms in total. The van der Waals surface area contributed by atoms with Gasteiger partial charge in [0.2, 0.25) is 0 Å². The van der Waals surface area contributed by atoms with Crippen LogP contribution in [0.5, 0.6) is 0 Å². The van der Waals surface area contributed by atoms with Crippen LogP contribution in [0, 0.1) is 0 Å². The Labute approximate surface area is 166 Å². The Hall–Kier alpha value is 1.21. The molecule has 152 valence electrons. The van der Waals surface area contributed by atoms with Crippen molar-refractivity contribution in [3.63, 3.8) is 0 Å². The minimum Gasteiger partial charge on any atom is -0.437 e. The van der Waals surface area contributed by atoms with Crippen molar-refractivity contribution in [3.8, 4) is 0 Å². The van der Waals surface area contributed by atoms with Crippen LogP contribution in [0.2, 0.25) is 70.0 Å². The lowest BCUT2D eigenvalue weighted by atomic mass is 10.5. The summed E-state index contributed by atoms with van der Waals surface area (Å²) in [7, 11) is -11.1. The summed E-state index contributed by atoms with van der Waals surface area (Å²) in [6.45, 7) is 27.8. The first-order chi connectivity index (χ1) is 10.7. The van der Waals surface area contributed by atoms with E-state index in [1.54, 1.807) is 0 Å². The van der Waals surface area contributed by atoms with Crippen molar-refractivity contribution in [2.45, 2.75) is 97.7 Å². The van der Waals surface area contributed by atoms with Gasteiger partial charge in [0, 0.05) is 0 Å². The third kappa shape index (κ3) is 9.81. The van der Waals surface area contributed by atoms with E-state index >= 15 is 0 Å². The van der Waals surface area contributed by atoms with E-state index in [1.165, 1.54) is 0 Å². The van der Waals surface area contributed by atoms with Crippen LogP contribution in [-0.4, -0.2) is 41.6 Å². The summed E-state index contributed by atoms with van der Waals surface area (Å²) in [5, 5.41) is 0. The summed E-state index contributed by atoms with van der Waals surface area (Å²) in [6.07, 6.45) is 0. The molecule has 0 aromatic rings. The maximum Gasteiger partial charge on any atom is 0.314 e. The quantitative estimate of drug-likeness (QED) is 0.275. The van der Waals surface area contributed by atoms with Crippen LogP contribution < -0.4 is 0 Å². The lowest BCUT2D eigenvalue weighted by Gasteiger charge is -2.43. The smallest absolute Gasteiger partial charge is 0.314 e. The van der Waals surface area contributed by atoms with E-state index in [0.29, 0.717) is 11.1 Å². The Morgan fingerprint density at radius 3 is 1.08 bits per heavy atom. The zero-order valence-electron chi connectivity index (χ0n) is 18.7. The standard InChI is InChI=1S/C15H41ClO4Si5/c1-14(2)25(16,15(3)4)20-24(12,13)19-23(10,11)18-22(8,9)17-21(5,6)7/h14-15H,1-13H3. The molecule has 0 aliphatic rings. The van der Waals surface area contributed by atoms with Gasteiger partial charge in [0.05, 0.1) is 0 Å². The number of hydrogen-bond donors (Lipinski definition) is 0. The highest BCUT2D eigenvalue weighted by molar-refractivity contribution is 7.20. The molecule has 0 saturated heterocycles. The molecule has 0 amide bonds. The topological polar surface area (TPSA) is 36.9 Å². The predicted octanol–water partition coefficient (Wildman–Crippen LogP) is 6.49. The van der Waals surface area contributed by atoms with Gasteiger partial charge in [-0.15, -0.1) is 11.1 Å². The van der Waals surface area contributed by atoms with Crippen molar-refractivity contribution in [2.24, 2.45) is 0 Å². The van der Waals surface area contributed by atoms with Crippen molar-refractivity contribution >= 4 is 52.7 Å². The van der Waals surface area contributed by atoms with Crippen LogP contribution in [0.1, 0.15) is 27.7 Å². The molecule has 0 saturated carbocycles. The number of rotatable bonds is 10. The molecule has 0 radical (unpaired) electrons. The molecule has 0 fully saturated rings. The van der Waals surface area contributed by atoms with E-state index < -0.39 is 41.6 Å². The minimum atomic E-state index is -2.41. The van der Waals surface area contributed by atoms with Crippen molar-refractivity contribution in [1.29, 1.82) is 0 Å². The van der Waals surface area contributed by atoms with Crippen molar-refractivity contribution in [1.82, 2.24) is 0 Å². The van der Waals surface area contributed by atoms with Gasteiger partial charge in [-0.05, 0) is 70.0 Å². The SMILES string of the molecule is CC(C)[Si](Cl)(O[Si](C)(C)O[Si](C)(C)O[Si](C)(C)O[Si](C)(C)C)C(C)C. The molecule has 0 aliphatic heterocycles. The molecule has 0 heterocycles. The van der Waals surface area contributed by atoms with Gasteiger partial charge in [0.15, 0.2) is 8.32 Å². The van der Waals surface area contributed by atoms with Gasteiger partial charge in [-0.1, -0.05) is 27.7 Å². The van der Waals surface area contributed by atoms with Crippen LogP contribution in [0.4, 0.5) is 0 Å². The van der Waals surface area contributed by atoms with Gasteiger partial charge in [-0.3, -0.25) is 0 Å². The third-order valence-electron chi connectivity index (χ3n) is 3.51. The molecule has 0 N–H and O–H groups in total. The molecule has 0 bridgehead atoms. The van der Waals surface area contributed by atoms with E-state index in [0.717, 1.165) is 0 Å². The van der Waals surface area contributed by atoms with E-state index in [2.05, 4.69) is 86.6 Å². The lowest BCUT2D eigenvalue weighted by Crippen LogP contribution is -2.59. The fourth-order valence-electron chi connectivity index (χ4n) is 3.26. The second-order valence-corrected chi connectivity index (χ2v) is 31.1. The van der Waals surface area contributed by atoms with Gasteiger partial charge in [-0.25, -0.2) is 0 Å². The zero-order valence-corrected chi connectivity index (χ0v) is 24.4. The normalized spacial score (nSPS) is 15.4. The lowest BCUT2D eigenvalue weighted by molar-refractivity contribution is 0.297. The van der Waals surface area contributed by atoms with E-state index in [-0.39, 0.29) is 0 Å². The first-order valence-electron chi connectivity index (χ1n) is 9.21. The van der Waals surface area contributed by atoms with Gasteiger partial charge < -0.3 is 16.5 Å². The Morgan fingerprint density at radius 2 is 0.800 bits per heavy atom. The van der Waals surface area contributed by atoms with Crippen LogP contribution in [0.3, 0.4) is 0 Å². The van der Waals surface area contributed by atoms with Gasteiger partial charge in [0.25, 0.3) is 7.63 Å². The largest absolute Gasteiger partial charge is 0.437 e. The highest BCUT2D eigenvalue weighted by Gasteiger charge is 2.49. The van der Waals surface area contributed by atoms with Gasteiger partial charge >= 0.3 is 25.7 Å². The Bertz CT molecular complexity index is 428. The first-order valence-corrected chi connectivity index (χ1v) is 24.1. The van der Waals surface area contributed by atoms with Crippen molar-refractivity contribution in [2.75, 3.05) is 0 Å².